The minimum Gasteiger partial charge on any atom is -0.385 e. The lowest BCUT2D eigenvalue weighted by Gasteiger charge is -2.11. The molecule has 0 unspecified atom stereocenters. The first-order valence-electron chi connectivity index (χ1n) is 6.57. The Morgan fingerprint density at radius 2 is 2.32 bits per heavy atom. The van der Waals surface area contributed by atoms with Gasteiger partial charge in [-0.1, -0.05) is 16.4 Å². The van der Waals surface area contributed by atoms with Crippen molar-refractivity contribution in [3.8, 4) is 0 Å². The Kier molecular flexibility index (Phi) is 3.92. The van der Waals surface area contributed by atoms with Crippen molar-refractivity contribution < 1.29 is 18.0 Å². The van der Waals surface area contributed by atoms with Gasteiger partial charge >= 0.3 is 0 Å². The molecular weight excluding hydrogens is 332 g/mol. The van der Waals surface area contributed by atoms with E-state index in [9.17, 15) is 13.2 Å². The predicted molar refractivity (Wildman–Crippen MR) is 79.2 cm³/mol. The summed E-state index contributed by atoms with van der Waals surface area (Å²) in [6.45, 7) is -0.290. The highest BCUT2D eigenvalue weighted by molar-refractivity contribution is 7.91. The number of fused-ring (bicyclic) bond motifs is 1. The molecule has 1 saturated heterocycles. The SMILES string of the molecule is O=C(COn1nnc2ccc(Cl)cc21)N[C@H]1CCS(=O)(=O)C1. The second-order valence-corrected chi connectivity index (χ2v) is 7.70. The van der Waals surface area contributed by atoms with Gasteiger partial charge in [0.15, 0.2) is 16.4 Å². The minimum absolute atomic E-state index is 0.0272. The second kappa shape index (κ2) is 5.73. The summed E-state index contributed by atoms with van der Waals surface area (Å²) in [4.78, 5) is 18.2. The summed E-state index contributed by atoms with van der Waals surface area (Å²) in [5.74, 6) is -0.334. The Labute approximate surface area is 131 Å². The van der Waals surface area contributed by atoms with Crippen molar-refractivity contribution in [2.45, 2.75) is 12.5 Å². The van der Waals surface area contributed by atoms with Gasteiger partial charge in [0, 0.05) is 11.1 Å². The molecule has 118 valence electrons. The Balaban J connectivity index is 1.59. The van der Waals surface area contributed by atoms with E-state index in [1.165, 1.54) is 0 Å². The lowest BCUT2D eigenvalue weighted by Crippen LogP contribution is -2.39. The van der Waals surface area contributed by atoms with Crippen molar-refractivity contribution in [1.82, 2.24) is 20.5 Å². The third-order valence-corrected chi connectivity index (χ3v) is 5.30. The molecule has 0 radical (unpaired) electrons. The van der Waals surface area contributed by atoms with Gasteiger partial charge in [-0.25, -0.2) is 8.42 Å². The summed E-state index contributed by atoms with van der Waals surface area (Å²) in [6.07, 6.45) is 0.427. The highest BCUT2D eigenvalue weighted by atomic mass is 35.5. The first kappa shape index (κ1) is 15.0. The molecule has 0 spiro atoms. The Hall–Kier alpha value is -1.87. The molecule has 1 aliphatic rings. The zero-order valence-corrected chi connectivity index (χ0v) is 13.0. The number of hydrogen-bond donors (Lipinski definition) is 1. The molecule has 2 aromatic rings. The molecule has 10 heteroatoms. The number of aromatic nitrogens is 3. The van der Waals surface area contributed by atoms with Crippen LogP contribution in [-0.4, -0.2) is 53.6 Å². The molecule has 1 aromatic carbocycles. The van der Waals surface area contributed by atoms with Crippen molar-refractivity contribution in [1.29, 1.82) is 0 Å². The number of hydrogen-bond acceptors (Lipinski definition) is 6. The Morgan fingerprint density at radius 3 is 3.05 bits per heavy atom. The van der Waals surface area contributed by atoms with Crippen LogP contribution in [-0.2, 0) is 14.6 Å². The molecule has 2 heterocycles. The van der Waals surface area contributed by atoms with Gasteiger partial charge < -0.3 is 10.2 Å². The fourth-order valence-electron chi connectivity index (χ4n) is 2.26. The number of halogens is 1. The van der Waals surface area contributed by atoms with Crippen molar-refractivity contribution in [3.63, 3.8) is 0 Å². The summed E-state index contributed by atoms with van der Waals surface area (Å²) in [5.41, 5.74) is 1.13. The first-order valence-corrected chi connectivity index (χ1v) is 8.77. The Bertz CT molecular complexity index is 820. The van der Waals surface area contributed by atoms with Gasteiger partial charge in [-0.3, -0.25) is 4.79 Å². The molecule has 8 nitrogen and oxygen atoms in total. The first-order chi connectivity index (χ1) is 10.4. The third kappa shape index (κ3) is 3.30. The van der Waals surface area contributed by atoms with E-state index in [0.717, 1.165) is 4.85 Å². The smallest absolute Gasteiger partial charge is 0.261 e. The lowest BCUT2D eigenvalue weighted by molar-refractivity contribution is -0.126. The maximum absolute atomic E-state index is 11.8. The number of benzene rings is 1. The summed E-state index contributed by atoms with van der Waals surface area (Å²) in [5, 5.41) is 10.8. The normalized spacial score (nSPS) is 20.1. The average molecular weight is 345 g/mol. The summed E-state index contributed by atoms with van der Waals surface area (Å²) in [6, 6.07) is 4.63. The largest absolute Gasteiger partial charge is 0.385 e. The van der Waals surface area contributed by atoms with Crippen LogP contribution in [0.15, 0.2) is 18.2 Å². The Morgan fingerprint density at radius 1 is 1.50 bits per heavy atom. The van der Waals surface area contributed by atoms with Crippen LogP contribution in [0.3, 0.4) is 0 Å². The molecule has 1 atom stereocenters. The van der Waals surface area contributed by atoms with E-state index in [0.29, 0.717) is 22.5 Å². The van der Waals surface area contributed by atoms with Crippen LogP contribution >= 0.6 is 11.6 Å². The van der Waals surface area contributed by atoms with E-state index in [1.807, 2.05) is 0 Å². The van der Waals surface area contributed by atoms with Crippen molar-refractivity contribution in [2.24, 2.45) is 0 Å². The number of amides is 1. The van der Waals surface area contributed by atoms with E-state index in [2.05, 4.69) is 15.6 Å². The standard InChI is InChI=1S/C12H13ClN4O4S/c13-8-1-2-10-11(5-8)17(16-15-10)21-6-12(18)14-9-3-4-22(19,20)7-9/h1-2,5,9H,3-4,6-7H2,(H,14,18)/t9-/m0/s1. The van der Waals surface area contributed by atoms with Crippen LogP contribution < -0.4 is 10.2 Å². The van der Waals surface area contributed by atoms with Crippen LogP contribution in [0, 0.1) is 0 Å². The highest BCUT2D eigenvalue weighted by Gasteiger charge is 2.29. The summed E-state index contributed by atoms with van der Waals surface area (Å²) >= 11 is 5.89. The number of rotatable bonds is 4. The van der Waals surface area contributed by atoms with Crippen molar-refractivity contribution in [3.05, 3.63) is 23.2 Å². The molecule has 3 rings (SSSR count). The molecule has 1 aromatic heterocycles. The minimum atomic E-state index is -3.03. The molecule has 1 amide bonds. The van der Waals surface area contributed by atoms with Gasteiger partial charge in [-0.05, 0) is 29.8 Å². The van der Waals surface area contributed by atoms with Crippen LogP contribution in [0.25, 0.3) is 11.0 Å². The van der Waals surface area contributed by atoms with E-state index >= 15 is 0 Å². The lowest BCUT2D eigenvalue weighted by atomic mass is 10.2. The van der Waals surface area contributed by atoms with E-state index < -0.39 is 15.7 Å². The molecule has 0 bridgehead atoms. The number of carbonyl (C=O) groups is 1. The van der Waals surface area contributed by atoms with Crippen molar-refractivity contribution >= 4 is 38.4 Å². The van der Waals surface area contributed by atoms with Gasteiger partial charge in [-0.15, -0.1) is 5.10 Å². The molecular formula is C12H13ClN4O4S. The van der Waals surface area contributed by atoms with Crippen LogP contribution in [0.5, 0.6) is 0 Å². The molecule has 0 saturated carbocycles. The summed E-state index contributed by atoms with van der Waals surface area (Å²) in [7, 11) is -3.03. The van der Waals surface area contributed by atoms with Crippen LogP contribution in [0.2, 0.25) is 5.02 Å². The summed E-state index contributed by atoms with van der Waals surface area (Å²) < 4.78 is 22.7. The monoisotopic (exact) mass is 344 g/mol. The molecule has 1 N–H and O–H groups in total. The highest BCUT2D eigenvalue weighted by Crippen LogP contribution is 2.16. The zero-order chi connectivity index (χ0) is 15.7. The zero-order valence-electron chi connectivity index (χ0n) is 11.4. The number of sulfone groups is 1. The molecule has 1 aliphatic heterocycles. The quantitative estimate of drug-likeness (QED) is 0.825. The van der Waals surface area contributed by atoms with Crippen LogP contribution in [0.1, 0.15) is 6.42 Å². The van der Waals surface area contributed by atoms with Crippen LogP contribution in [0.4, 0.5) is 0 Å². The predicted octanol–water partition coefficient (Wildman–Crippen LogP) is -0.183. The fourth-order valence-corrected chi connectivity index (χ4v) is 4.10. The van der Waals surface area contributed by atoms with E-state index in [1.54, 1.807) is 18.2 Å². The molecule has 0 aliphatic carbocycles. The third-order valence-electron chi connectivity index (χ3n) is 3.29. The molecule has 22 heavy (non-hydrogen) atoms. The number of carbonyl (C=O) groups excluding carboxylic acids is 1. The van der Waals surface area contributed by atoms with E-state index in [-0.39, 0.29) is 24.2 Å². The maximum atomic E-state index is 11.8. The van der Waals surface area contributed by atoms with Gasteiger partial charge in [0.2, 0.25) is 0 Å². The van der Waals surface area contributed by atoms with Crippen molar-refractivity contribution in [2.75, 3.05) is 18.1 Å². The van der Waals surface area contributed by atoms with E-state index in [4.69, 9.17) is 16.4 Å². The van der Waals surface area contributed by atoms with Gasteiger partial charge in [0.05, 0.1) is 11.5 Å². The number of nitrogens with zero attached hydrogens (tertiary/aromatic N) is 3. The maximum Gasteiger partial charge on any atom is 0.261 e. The number of nitrogens with one attached hydrogen (secondary N) is 1. The van der Waals surface area contributed by atoms with Gasteiger partial charge in [0.25, 0.3) is 5.91 Å². The van der Waals surface area contributed by atoms with Gasteiger partial charge in [-0.2, -0.15) is 0 Å². The second-order valence-electron chi connectivity index (χ2n) is 5.04. The van der Waals surface area contributed by atoms with Gasteiger partial charge in [0.1, 0.15) is 11.0 Å². The fraction of sp³-hybridized carbons (Fsp3) is 0.417. The topological polar surface area (TPSA) is 103 Å². The average Bonchev–Trinajstić information content (AvgIpc) is 2.99. The molecule has 1 fully saturated rings.